The molecule has 1 aliphatic rings. The number of anilines is 1. The number of halogens is 2. The van der Waals surface area contributed by atoms with Gasteiger partial charge in [-0.15, -0.1) is 0 Å². The van der Waals surface area contributed by atoms with Crippen molar-refractivity contribution in [3.05, 3.63) is 64.7 Å². The smallest absolute Gasteiger partial charge is 0.260 e. The van der Waals surface area contributed by atoms with Crippen LogP contribution in [0.15, 0.2) is 63.6 Å². The van der Waals surface area contributed by atoms with Crippen LogP contribution in [-0.4, -0.2) is 16.0 Å². The second kappa shape index (κ2) is 7.89. The van der Waals surface area contributed by atoms with Crippen molar-refractivity contribution >= 4 is 34.8 Å². The maximum atomic E-state index is 12.9. The quantitative estimate of drug-likeness (QED) is 0.508. The molecule has 2 unspecified atom stereocenters. The van der Waals surface area contributed by atoms with E-state index in [0.29, 0.717) is 23.0 Å². The number of amides is 1. The highest BCUT2D eigenvalue weighted by molar-refractivity contribution is 6.55. The SMILES string of the molecule is Cc1ccc(-c2noc(-c3ccccc3NC(=O)C3C(C=C(Cl)Cl)C3(C)C)n2)cc1. The minimum atomic E-state index is -0.219. The van der Waals surface area contributed by atoms with Gasteiger partial charge in [0.15, 0.2) is 0 Å². The molecule has 0 spiro atoms. The van der Waals surface area contributed by atoms with Crippen LogP contribution >= 0.6 is 23.2 Å². The van der Waals surface area contributed by atoms with E-state index in [1.54, 1.807) is 6.08 Å². The lowest BCUT2D eigenvalue weighted by atomic mass is 10.1. The maximum Gasteiger partial charge on any atom is 0.260 e. The van der Waals surface area contributed by atoms with Crippen LogP contribution in [0.4, 0.5) is 5.69 Å². The summed E-state index contributed by atoms with van der Waals surface area (Å²) >= 11 is 11.6. The van der Waals surface area contributed by atoms with Crippen LogP contribution in [0.2, 0.25) is 0 Å². The monoisotopic (exact) mass is 441 g/mol. The molecule has 30 heavy (non-hydrogen) atoms. The molecule has 2 aromatic carbocycles. The Bertz CT molecular complexity index is 1120. The van der Waals surface area contributed by atoms with E-state index in [9.17, 15) is 4.79 Å². The van der Waals surface area contributed by atoms with Crippen molar-refractivity contribution in [2.45, 2.75) is 20.8 Å². The predicted molar refractivity (Wildman–Crippen MR) is 119 cm³/mol. The average Bonchev–Trinajstić information content (AvgIpc) is 3.04. The maximum absolute atomic E-state index is 12.9. The second-order valence-corrected chi connectivity index (χ2v) is 9.11. The summed E-state index contributed by atoms with van der Waals surface area (Å²) in [5.41, 5.74) is 3.09. The molecule has 3 aromatic rings. The van der Waals surface area contributed by atoms with Gasteiger partial charge in [0.1, 0.15) is 4.49 Å². The van der Waals surface area contributed by atoms with E-state index < -0.39 is 0 Å². The van der Waals surface area contributed by atoms with E-state index in [1.165, 1.54) is 0 Å². The first kappa shape index (κ1) is 20.6. The molecule has 154 valence electrons. The van der Waals surface area contributed by atoms with Crippen LogP contribution in [-0.2, 0) is 4.79 Å². The Kier molecular flexibility index (Phi) is 5.43. The Hall–Kier alpha value is -2.63. The van der Waals surface area contributed by atoms with E-state index in [2.05, 4.69) is 15.5 Å². The van der Waals surface area contributed by atoms with Crippen molar-refractivity contribution in [3.63, 3.8) is 0 Å². The number of hydrogen-bond donors (Lipinski definition) is 1. The topological polar surface area (TPSA) is 68.0 Å². The summed E-state index contributed by atoms with van der Waals surface area (Å²) in [6.07, 6.45) is 1.73. The Morgan fingerprint density at radius 1 is 1.13 bits per heavy atom. The van der Waals surface area contributed by atoms with Gasteiger partial charge in [-0.3, -0.25) is 4.79 Å². The number of aryl methyl sites for hydroxylation is 1. The number of carbonyl (C=O) groups excluding carboxylic acids is 1. The van der Waals surface area contributed by atoms with Crippen molar-refractivity contribution < 1.29 is 9.32 Å². The van der Waals surface area contributed by atoms with Crippen LogP contribution in [0.1, 0.15) is 19.4 Å². The first-order chi connectivity index (χ1) is 14.3. The van der Waals surface area contributed by atoms with Crippen molar-refractivity contribution in [1.82, 2.24) is 10.1 Å². The van der Waals surface area contributed by atoms with Crippen molar-refractivity contribution in [2.75, 3.05) is 5.32 Å². The molecule has 5 nitrogen and oxygen atoms in total. The van der Waals surface area contributed by atoms with Crippen molar-refractivity contribution in [3.8, 4) is 22.8 Å². The van der Waals surface area contributed by atoms with Gasteiger partial charge < -0.3 is 9.84 Å². The lowest BCUT2D eigenvalue weighted by Crippen LogP contribution is -2.17. The van der Waals surface area contributed by atoms with Crippen molar-refractivity contribution in [2.24, 2.45) is 17.3 Å². The summed E-state index contributed by atoms with van der Waals surface area (Å²) < 4.78 is 5.67. The summed E-state index contributed by atoms with van der Waals surface area (Å²) in [7, 11) is 0. The van der Waals surface area contributed by atoms with Crippen LogP contribution < -0.4 is 5.32 Å². The van der Waals surface area contributed by atoms with Crippen LogP contribution in [0.3, 0.4) is 0 Å². The molecule has 1 aliphatic carbocycles. The lowest BCUT2D eigenvalue weighted by Gasteiger charge is -2.09. The fraction of sp³-hybridized carbons (Fsp3) is 0.261. The average molecular weight is 442 g/mol. The normalized spacial score (nSPS) is 19.2. The van der Waals surface area contributed by atoms with E-state index in [0.717, 1.165) is 11.1 Å². The Morgan fingerprint density at radius 3 is 2.53 bits per heavy atom. The Labute approximate surface area is 185 Å². The minimum Gasteiger partial charge on any atom is -0.334 e. The largest absolute Gasteiger partial charge is 0.334 e. The fourth-order valence-corrected chi connectivity index (χ4v) is 4.04. The summed E-state index contributed by atoms with van der Waals surface area (Å²) in [5.74, 6) is 0.518. The summed E-state index contributed by atoms with van der Waals surface area (Å²) in [6.45, 7) is 6.06. The first-order valence-corrected chi connectivity index (χ1v) is 10.4. The first-order valence-electron chi connectivity index (χ1n) is 9.61. The molecule has 7 heteroatoms. The van der Waals surface area contributed by atoms with Crippen LogP contribution in [0, 0.1) is 24.2 Å². The van der Waals surface area contributed by atoms with Gasteiger partial charge in [0.25, 0.3) is 5.89 Å². The molecule has 1 heterocycles. The molecule has 1 amide bonds. The summed E-state index contributed by atoms with van der Waals surface area (Å²) in [4.78, 5) is 17.4. The van der Waals surface area contributed by atoms with Gasteiger partial charge >= 0.3 is 0 Å². The number of carbonyl (C=O) groups is 1. The van der Waals surface area contributed by atoms with Crippen molar-refractivity contribution in [1.29, 1.82) is 0 Å². The van der Waals surface area contributed by atoms with E-state index in [-0.39, 0.29) is 27.6 Å². The number of hydrogen-bond acceptors (Lipinski definition) is 4. The summed E-state index contributed by atoms with van der Waals surface area (Å²) in [5, 5.41) is 7.10. The number of allylic oxidation sites excluding steroid dienone is 1. The lowest BCUT2D eigenvalue weighted by molar-refractivity contribution is -0.118. The molecule has 4 rings (SSSR count). The third-order valence-corrected chi connectivity index (χ3v) is 5.90. The molecule has 0 bridgehead atoms. The van der Waals surface area contributed by atoms with E-state index in [1.807, 2.05) is 69.3 Å². The van der Waals surface area contributed by atoms with E-state index in [4.69, 9.17) is 27.7 Å². The highest BCUT2D eigenvalue weighted by Gasteiger charge is 2.60. The number of para-hydroxylation sites is 1. The number of nitrogens with one attached hydrogen (secondary N) is 1. The minimum absolute atomic E-state index is 0.00814. The number of rotatable bonds is 5. The Morgan fingerprint density at radius 2 is 1.83 bits per heavy atom. The Balaban J connectivity index is 1.58. The highest BCUT2D eigenvalue weighted by atomic mass is 35.5. The van der Waals surface area contributed by atoms with Gasteiger partial charge in [-0.1, -0.05) is 84.2 Å². The molecule has 1 aromatic heterocycles. The molecule has 0 radical (unpaired) electrons. The third kappa shape index (κ3) is 4.00. The van der Waals surface area contributed by atoms with E-state index >= 15 is 0 Å². The molecular weight excluding hydrogens is 421 g/mol. The summed E-state index contributed by atoms with van der Waals surface area (Å²) in [6, 6.07) is 15.3. The van der Waals surface area contributed by atoms with Crippen LogP contribution in [0.25, 0.3) is 22.8 Å². The number of benzene rings is 2. The van der Waals surface area contributed by atoms with Crippen LogP contribution in [0.5, 0.6) is 0 Å². The van der Waals surface area contributed by atoms with Gasteiger partial charge in [-0.05, 0) is 36.5 Å². The van der Waals surface area contributed by atoms with Gasteiger partial charge in [0.05, 0.1) is 17.2 Å². The van der Waals surface area contributed by atoms with Gasteiger partial charge in [0, 0.05) is 5.56 Å². The molecule has 0 aliphatic heterocycles. The van der Waals surface area contributed by atoms with Gasteiger partial charge in [-0.2, -0.15) is 4.98 Å². The molecule has 2 atom stereocenters. The molecule has 1 N–H and O–H groups in total. The predicted octanol–water partition coefficient (Wildman–Crippen LogP) is 6.24. The molecule has 0 saturated heterocycles. The molecular formula is C23H21Cl2N3O2. The third-order valence-electron chi connectivity index (χ3n) is 5.65. The second-order valence-electron chi connectivity index (χ2n) is 8.11. The number of aromatic nitrogens is 2. The molecule has 1 fully saturated rings. The fourth-order valence-electron chi connectivity index (χ4n) is 3.77. The zero-order valence-electron chi connectivity index (χ0n) is 16.8. The van der Waals surface area contributed by atoms with Gasteiger partial charge in [0.2, 0.25) is 11.7 Å². The van der Waals surface area contributed by atoms with Gasteiger partial charge in [-0.25, -0.2) is 0 Å². The zero-order valence-corrected chi connectivity index (χ0v) is 18.3. The standard InChI is InChI=1S/C23H21Cl2N3O2/c1-13-8-10-14(11-9-13)20-27-22(30-28-20)15-6-4-5-7-17(15)26-21(29)19-16(12-18(24)25)23(19,2)3/h4-12,16,19H,1-3H3,(H,26,29). The zero-order chi connectivity index (χ0) is 21.5. The molecule has 1 saturated carbocycles. The highest BCUT2D eigenvalue weighted by Crippen LogP contribution is 2.60. The number of nitrogens with zero attached hydrogens (tertiary/aromatic N) is 2.